The molecule has 1 aromatic carbocycles. The summed E-state index contributed by atoms with van der Waals surface area (Å²) in [6.07, 6.45) is 2.71. The molecule has 0 bridgehead atoms. The van der Waals surface area contributed by atoms with E-state index >= 15 is 0 Å². The van der Waals surface area contributed by atoms with Crippen molar-refractivity contribution in [1.29, 1.82) is 5.41 Å². The van der Waals surface area contributed by atoms with Crippen molar-refractivity contribution in [1.82, 2.24) is 14.8 Å². The number of nitrogens with zero attached hydrogens (tertiary/aromatic N) is 3. The summed E-state index contributed by atoms with van der Waals surface area (Å²) in [6.45, 7) is 10.4. The van der Waals surface area contributed by atoms with E-state index in [4.69, 9.17) is 5.41 Å². The number of allylic oxidation sites excluding steroid dienone is 1. The molecule has 1 fully saturated rings. The van der Waals surface area contributed by atoms with E-state index in [2.05, 4.69) is 66.7 Å². The van der Waals surface area contributed by atoms with Gasteiger partial charge in [0, 0.05) is 11.4 Å². The number of rotatable bonds is 4. The summed E-state index contributed by atoms with van der Waals surface area (Å²) in [4.78, 5) is 13.7. The van der Waals surface area contributed by atoms with Crippen molar-refractivity contribution in [2.45, 2.75) is 47.0 Å². The van der Waals surface area contributed by atoms with Crippen molar-refractivity contribution in [3.8, 4) is 5.69 Å². The van der Waals surface area contributed by atoms with Crippen LogP contribution in [0.15, 0.2) is 29.2 Å². The molecular formula is C23H24N4OS2. The maximum atomic E-state index is 13.1. The van der Waals surface area contributed by atoms with Crippen LogP contribution in [-0.4, -0.2) is 25.6 Å². The van der Waals surface area contributed by atoms with E-state index < -0.39 is 5.92 Å². The maximum Gasteiger partial charge on any atom is 0.186 e. The molecule has 5 nitrogen and oxygen atoms in total. The molecule has 0 aliphatic carbocycles. The third kappa shape index (κ3) is 3.46. The number of benzene rings is 1. The summed E-state index contributed by atoms with van der Waals surface area (Å²) in [5.41, 5.74) is 6.83. The molecule has 1 aliphatic rings. The largest absolute Gasteiger partial charge is 0.317 e. The van der Waals surface area contributed by atoms with Crippen molar-refractivity contribution < 1.29 is 4.79 Å². The van der Waals surface area contributed by atoms with Gasteiger partial charge >= 0.3 is 0 Å². The first kappa shape index (κ1) is 20.8. The number of carbonyl (C=O) groups is 1. The van der Waals surface area contributed by atoms with Gasteiger partial charge < -0.3 is 4.57 Å². The quantitative estimate of drug-likeness (QED) is 0.545. The normalized spacial score (nSPS) is 18.0. The van der Waals surface area contributed by atoms with Crippen LogP contribution in [0.5, 0.6) is 0 Å². The summed E-state index contributed by atoms with van der Waals surface area (Å²) in [5.74, 6) is -0.665. The van der Waals surface area contributed by atoms with Crippen molar-refractivity contribution in [2.24, 2.45) is 0 Å². The molecule has 0 spiro atoms. The molecule has 2 aromatic heterocycles. The number of aromatic nitrogens is 3. The number of para-hydroxylation sites is 1. The van der Waals surface area contributed by atoms with Gasteiger partial charge in [-0.15, -0.1) is 21.5 Å². The molecule has 0 radical (unpaired) electrons. The highest BCUT2D eigenvalue weighted by Gasteiger charge is 2.39. The fourth-order valence-corrected chi connectivity index (χ4v) is 5.86. The first-order valence-corrected chi connectivity index (χ1v) is 11.5. The van der Waals surface area contributed by atoms with E-state index in [0.717, 1.165) is 28.4 Å². The molecule has 3 heterocycles. The van der Waals surface area contributed by atoms with Crippen LogP contribution >= 0.6 is 23.1 Å². The second-order valence-corrected chi connectivity index (χ2v) is 9.74. The lowest BCUT2D eigenvalue weighted by Crippen LogP contribution is -2.11. The minimum absolute atomic E-state index is 0.0549. The second-order valence-electron chi connectivity index (χ2n) is 7.56. The summed E-state index contributed by atoms with van der Waals surface area (Å²) in [5, 5.41) is 18.5. The fourth-order valence-electron chi connectivity index (χ4n) is 3.92. The van der Waals surface area contributed by atoms with Crippen LogP contribution in [0.1, 0.15) is 50.9 Å². The highest BCUT2D eigenvalue weighted by Crippen LogP contribution is 2.42. The molecule has 4 rings (SSSR count). The number of hydrogen-bond donors (Lipinski definition) is 1. The van der Waals surface area contributed by atoms with E-state index in [1.165, 1.54) is 39.9 Å². The first-order valence-electron chi connectivity index (χ1n) is 9.91. The Bertz CT molecular complexity index is 1180. The van der Waals surface area contributed by atoms with Crippen molar-refractivity contribution in [3.63, 3.8) is 0 Å². The predicted octanol–water partition coefficient (Wildman–Crippen LogP) is 5.54. The molecule has 0 saturated carbocycles. The Labute approximate surface area is 184 Å². The van der Waals surface area contributed by atoms with Gasteiger partial charge in [0.2, 0.25) is 0 Å². The minimum Gasteiger partial charge on any atom is -0.317 e. The van der Waals surface area contributed by atoms with E-state index in [-0.39, 0.29) is 5.78 Å². The third-order valence-electron chi connectivity index (χ3n) is 5.44. The number of thioether (sulfide) groups is 1. The number of aryl methyl sites for hydroxylation is 4. The maximum absolute atomic E-state index is 13.1. The molecule has 1 aliphatic heterocycles. The molecule has 0 amide bonds. The Kier molecular flexibility index (Phi) is 5.51. The third-order valence-corrected chi connectivity index (χ3v) is 7.57. The molecule has 1 saturated heterocycles. The van der Waals surface area contributed by atoms with Crippen LogP contribution in [0.4, 0.5) is 0 Å². The number of hydrogen-bond acceptors (Lipinski definition) is 6. The fraction of sp³-hybridized carbons (Fsp3) is 0.304. The van der Waals surface area contributed by atoms with Gasteiger partial charge in [-0.3, -0.25) is 10.2 Å². The predicted molar refractivity (Wildman–Crippen MR) is 125 cm³/mol. The van der Waals surface area contributed by atoms with Crippen LogP contribution in [0.3, 0.4) is 0 Å². The standard InChI is InChI=1S/C23H24N4OS2/c1-6-18-25-26-23(30-18)19-21(28)17(29-22(19)24)11-16-10-14(4)27(15(16)5)20-12(2)8-7-9-13(20)3/h7-11,19,24H,6H2,1-5H3. The monoisotopic (exact) mass is 436 g/mol. The molecular weight excluding hydrogens is 412 g/mol. The number of carbonyl (C=O) groups excluding carboxylic acids is 1. The highest BCUT2D eigenvalue weighted by molar-refractivity contribution is 8.19. The Morgan fingerprint density at radius 2 is 1.87 bits per heavy atom. The zero-order chi connectivity index (χ0) is 21.6. The van der Waals surface area contributed by atoms with Crippen LogP contribution in [0.2, 0.25) is 0 Å². The van der Waals surface area contributed by atoms with Gasteiger partial charge in [-0.25, -0.2) is 0 Å². The second kappa shape index (κ2) is 7.96. The Hall–Kier alpha value is -2.51. The van der Waals surface area contributed by atoms with Gasteiger partial charge in [0.05, 0.1) is 15.6 Å². The Morgan fingerprint density at radius 1 is 1.17 bits per heavy atom. The van der Waals surface area contributed by atoms with E-state index in [1.807, 2.05) is 13.0 Å². The first-order chi connectivity index (χ1) is 14.3. The van der Waals surface area contributed by atoms with E-state index in [9.17, 15) is 4.79 Å². The molecule has 154 valence electrons. The van der Waals surface area contributed by atoms with Gasteiger partial charge in [0.15, 0.2) is 5.78 Å². The van der Waals surface area contributed by atoms with Gasteiger partial charge in [-0.1, -0.05) is 36.9 Å². The summed E-state index contributed by atoms with van der Waals surface area (Å²) < 4.78 is 2.25. The Balaban J connectivity index is 1.73. The number of ketones is 1. The van der Waals surface area contributed by atoms with Gasteiger partial charge in [0.1, 0.15) is 15.9 Å². The lowest BCUT2D eigenvalue weighted by Gasteiger charge is -2.15. The SMILES string of the molecule is CCc1nnc(C2C(=N)SC(=Cc3cc(C)n(-c4c(C)cccc4C)c3C)C2=O)s1. The average molecular weight is 437 g/mol. The molecule has 1 unspecified atom stereocenters. The zero-order valence-electron chi connectivity index (χ0n) is 17.7. The van der Waals surface area contributed by atoms with Crippen molar-refractivity contribution >= 4 is 40.0 Å². The minimum atomic E-state index is -0.610. The molecule has 7 heteroatoms. The smallest absolute Gasteiger partial charge is 0.186 e. The highest BCUT2D eigenvalue weighted by atomic mass is 32.2. The number of Topliss-reactive ketones (excluding diaryl/α,β-unsaturated/α-hetero) is 1. The van der Waals surface area contributed by atoms with Crippen LogP contribution in [0, 0.1) is 33.1 Å². The van der Waals surface area contributed by atoms with Gasteiger partial charge in [-0.05, 0) is 62.9 Å². The summed E-state index contributed by atoms with van der Waals surface area (Å²) in [6, 6.07) is 8.42. The van der Waals surface area contributed by atoms with Gasteiger partial charge in [0.25, 0.3) is 0 Å². The molecule has 30 heavy (non-hydrogen) atoms. The van der Waals surface area contributed by atoms with E-state index in [0.29, 0.717) is 15.0 Å². The lowest BCUT2D eigenvalue weighted by molar-refractivity contribution is -0.114. The summed E-state index contributed by atoms with van der Waals surface area (Å²) in [7, 11) is 0. The molecule has 1 atom stereocenters. The summed E-state index contributed by atoms with van der Waals surface area (Å²) >= 11 is 2.67. The lowest BCUT2D eigenvalue weighted by atomic mass is 10.1. The molecule has 3 aromatic rings. The van der Waals surface area contributed by atoms with Crippen LogP contribution < -0.4 is 0 Å². The Morgan fingerprint density at radius 3 is 2.50 bits per heavy atom. The van der Waals surface area contributed by atoms with Crippen LogP contribution in [0.25, 0.3) is 11.8 Å². The average Bonchev–Trinajstić information content (AvgIpc) is 3.34. The molecule has 1 N–H and O–H groups in total. The van der Waals surface area contributed by atoms with E-state index in [1.54, 1.807) is 0 Å². The van der Waals surface area contributed by atoms with Crippen molar-refractivity contribution in [3.05, 3.63) is 67.3 Å². The number of nitrogens with one attached hydrogen (secondary N) is 1. The zero-order valence-corrected chi connectivity index (χ0v) is 19.4. The van der Waals surface area contributed by atoms with Crippen molar-refractivity contribution in [2.75, 3.05) is 0 Å². The van der Waals surface area contributed by atoms with Crippen LogP contribution in [-0.2, 0) is 11.2 Å². The topological polar surface area (TPSA) is 71.6 Å². The van der Waals surface area contributed by atoms with Gasteiger partial charge in [-0.2, -0.15) is 0 Å².